The van der Waals surface area contributed by atoms with Crippen LogP contribution in [0.3, 0.4) is 0 Å². The van der Waals surface area contributed by atoms with Crippen LogP contribution < -0.4 is 31.9 Å². The van der Waals surface area contributed by atoms with Gasteiger partial charge >= 0.3 is 12.0 Å². The number of nitrogens with zero attached hydrogens (tertiary/aromatic N) is 1. The number of carbonyl (C=O) groups excluding carboxylic acids is 6. The Bertz CT molecular complexity index is 1920. The van der Waals surface area contributed by atoms with Crippen molar-refractivity contribution in [1.29, 1.82) is 0 Å². The molecule has 1 aliphatic heterocycles. The van der Waals surface area contributed by atoms with Gasteiger partial charge in [-0.3, -0.25) is 24.0 Å². The summed E-state index contributed by atoms with van der Waals surface area (Å²) < 4.78 is 0. The predicted octanol–water partition coefficient (Wildman–Crippen LogP) is 2.38. The number of H-pyrrole nitrogens is 1. The average Bonchev–Trinajstić information content (AvgIpc) is 3.61. The highest BCUT2D eigenvalue weighted by molar-refractivity contribution is 5.97. The molecular weight excluding hydrogens is 745 g/mol. The van der Waals surface area contributed by atoms with E-state index >= 15 is 0 Å². The van der Waals surface area contributed by atoms with E-state index in [-0.39, 0.29) is 25.8 Å². The fourth-order valence-corrected chi connectivity index (χ4v) is 6.83. The van der Waals surface area contributed by atoms with Crippen LogP contribution in [0.5, 0.6) is 0 Å². The van der Waals surface area contributed by atoms with Crippen molar-refractivity contribution < 1.29 is 38.7 Å². The zero-order valence-electron chi connectivity index (χ0n) is 34.1. The van der Waals surface area contributed by atoms with Gasteiger partial charge in [-0.25, -0.2) is 9.59 Å². The molecule has 58 heavy (non-hydrogen) atoms. The van der Waals surface area contributed by atoms with Gasteiger partial charge in [0.25, 0.3) is 0 Å². The van der Waals surface area contributed by atoms with Gasteiger partial charge in [0.2, 0.25) is 29.5 Å². The highest BCUT2D eigenvalue weighted by atomic mass is 16.4. The topological polar surface area (TPSA) is 231 Å². The molecule has 3 aromatic rings. The fraction of sp³-hybridized carbons (Fsp3) is 0.500. The summed E-state index contributed by atoms with van der Waals surface area (Å²) in [6.07, 6.45) is 3.24. The Morgan fingerprint density at radius 2 is 1.52 bits per heavy atom. The summed E-state index contributed by atoms with van der Waals surface area (Å²) in [7, 11) is 1.46. The number of carboxylic acids is 1. The summed E-state index contributed by atoms with van der Waals surface area (Å²) in [5.74, 6) is -5.03. The molecule has 16 heteroatoms. The van der Waals surface area contributed by atoms with Crippen LogP contribution in [0.4, 0.5) is 4.79 Å². The van der Waals surface area contributed by atoms with Gasteiger partial charge in [0.15, 0.2) is 0 Å². The summed E-state index contributed by atoms with van der Waals surface area (Å²) >= 11 is 0. The lowest BCUT2D eigenvalue weighted by atomic mass is 9.96. The highest BCUT2D eigenvalue weighted by Crippen LogP contribution is 2.21. The average molecular weight is 803 g/mol. The molecule has 1 aliphatic rings. The number of hydrogen-bond donors (Lipinski definition) is 8. The molecule has 7 amide bonds. The third-order valence-corrected chi connectivity index (χ3v) is 10.8. The standard InChI is InChI=1S/C42H58N8O8/c1-7-25(4)35-39(54)46-33(22-28-23-44-30-18-12-11-17-29(28)30)40(55)50(6)26(5)36(51)45-32(21-27-15-9-8-10-16-27)37(52)43-20-14-13-19-31(38(53)48-35)47-42(58)49-34(24(2)3)41(56)57/h8-12,15-18,23-26,31-35,44H,7,13-14,19-22H2,1-6H3,(H,43,52)(H,45,51)(H,46,54)(H,48,53)(H,56,57)(H2,47,49,58). The van der Waals surface area contributed by atoms with Crippen molar-refractivity contribution >= 4 is 52.4 Å². The van der Waals surface area contributed by atoms with Gasteiger partial charge in [-0.2, -0.15) is 0 Å². The van der Waals surface area contributed by atoms with Crippen molar-refractivity contribution in [3.05, 3.63) is 71.9 Å². The van der Waals surface area contributed by atoms with Gasteiger partial charge in [0.05, 0.1) is 0 Å². The van der Waals surface area contributed by atoms with Crippen molar-refractivity contribution in [2.45, 2.75) is 109 Å². The number of aromatic nitrogens is 1. The number of aliphatic carboxylic acids is 1. The van der Waals surface area contributed by atoms with Crippen LogP contribution in [-0.2, 0) is 41.6 Å². The molecule has 16 nitrogen and oxygen atoms in total. The van der Waals surface area contributed by atoms with E-state index in [0.29, 0.717) is 19.3 Å². The molecule has 0 spiro atoms. The van der Waals surface area contributed by atoms with E-state index in [1.54, 1.807) is 33.9 Å². The molecule has 2 aromatic carbocycles. The first-order valence-corrected chi connectivity index (χ1v) is 19.9. The van der Waals surface area contributed by atoms with E-state index in [4.69, 9.17) is 0 Å². The van der Waals surface area contributed by atoms with Gasteiger partial charge in [-0.1, -0.05) is 82.6 Å². The van der Waals surface area contributed by atoms with Crippen molar-refractivity contribution in [3.63, 3.8) is 0 Å². The van der Waals surface area contributed by atoms with E-state index in [9.17, 15) is 38.7 Å². The summed E-state index contributed by atoms with van der Waals surface area (Å²) in [4.78, 5) is 99.5. The van der Waals surface area contributed by atoms with Crippen molar-refractivity contribution in [3.8, 4) is 0 Å². The molecular formula is C42H58N8O8. The van der Waals surface area contributed by atoms with E-state index in [0.717, 1.165) is 22.0 Å². The Morgan fingerprint density at radius 3 is 2.19 bits per heavy atom. The monoisotopic (exact) mass is 802 g/mol. The molecule has 4 rings (SSSR count). The second-order valence-electron chi connectivity index (χ2n) is 15.4. The SMILES string of the molecule is CCC(C)C1NC(=O)C(NC(=O)NC(C(=O)O)C(C)C)CCCCNC(=O)C(Cc2ccccc2)NC(=O)C(C)N(C)C(=O)C(Cc2c[nH]c3ccccc23)NC1=O. The molecule has 1 saturated heterocycles. The second kappa shape index (κ2) is 21.0. The molecule has 0 saturated carbocycles. The number of carboxylic acid groups (broad SMARTS) is 1. The smallest absolute Gasteiger partial charge is 0.326 e. The highest BCUT2D eigenvalue weighted by Gasteiger charge is 2.36. The van der Waals surface area contributed by atoms with Crippen molar-refractivity contribution in [1.82, 2.24) is 41.8 Å². The first kappa shape index (κ1) is 44.8. The largest absolute Gasteiger partial charge is 0.480 e. The quantitative estimate of drug-likeness (QED) is 0.151. The lowest BCUT2D eigenvalue weighted by Gasteiger charge is -2.32. The van der Waals surface area contributed by atoms with E-state index < -0.39 is 89.6 Å². The zero-order valence-corrected chi connectivity index (χ0v) is 34.1. The Kier molecular flexibility index (Phi) is 16.2. The van der Waals surface area contributed by atoms with E-state index in [1.807, 2.05) is 61.5 Å². The van der Waals surface area contributed by atoms with Crippen LogP contribution in [0.15, 0.2) is 60.8 Å². The maximum Gasteiger partial charge on any atom is 0.326 e. The number of likely N-dealkylation sites (N-methyl/N-ethyl adjacent to an activating group) is 1. The normalized spacial score (nSPS) is 23.0. The third-order valence-electron chi connectivity index (χ3n) is 10.8. The molecule has 0 radical (unpaired) electrons. The number of amides is 7. The van der Waals surface area contributed by atoms with Gasteiger partial charge in [-0.15, -0.1) is 0 Å². The summed E-state index contributed by atoms with van der Waals surface area (Å²) in [6.45, 7) is 8.62. The van der Waals surface area contributed by atoms with Gasteiger partial charge in [0.1, 0.15) is 36.3 Å². The zero-order chi connectivity index (χ0) is 42.5. The molecule has 0 bridgehead atoms. The Morgan fingerprint density at radius 1 is 0.845 bits per heavy atom. The number of nitrogens with one attached hydrogen (secondary N) is 7. The predicted molar refractivity (Wildman–Crippen MR) is 218 cm³/mol. The minimum atomic E-state index is -1.24. The number of carbonyl (C=O) groups is 7. The number of aromatic amines is 1. The van der Waals surface area contributed by atoms with Crippen molar-refractivity contribution in [2.24, 2.45) is 11.8 Å². The van der Waals surface area contributed by atoms with Crippen LogP contribution >= 0.6 is 0 Å². The van der Waals surface area contributed by atoms with Crippen LogP contribution in [0.25, 0.3) is 10.9 Å². The summed E-state index contributed by atoms with van der Waals surface area (Å²) in [5, 5.41) is 26.9. The third kappa shape index (κ3) is 12.0. The van der Waals surface area contributed by atoms with Crippen LogP contribution in [-0.4, -0.2) is 106 Å². The second-order valence-corrected chi connectivity index (χ2v) is 15.4. The first-order valence-electron chi connectivity index (χ1n) is 19.9. The Labute approximate surface area is 339 Å². The summed E-state index contributed by atoms with van der Waals surface area (Å²) in [6, 6.07) is 9.00. The minimum absolute atomic E-state index is 0.0401. The summed E-state index contributed by atoms with van der Waals surface area (Å²) in [5.41, 5.74) is 2.36. The minimum Gasteiger partial charge on any atom is -0.480 e. The van der Waals surface area contributed by atoms with E-state index in [2.05, 4.69) is 36.9 Å². The maximum atomic E-state index is 14.4. The Hall–Kier alpha value is -5.93. The Balaban J connectivity index is 1.71. The van der Waals surface area contributed by atoms with Crippen LogP contribution in [0.1, 0.15) is 71.4 Å². The maximum absolute atomic E-state index is 14.4. The first-order chi connectivity index (χ1) is 27.6. The fourth-order valence-electron chi connectivity index (χ4n) is 6.83. The van der Waals surface area contributed by atoms with E-state index in [1.165, 1.54) is 11.9 Å². The number of hydrogen-bond acceptors (Lipinski definition) is 7. The van der Waals surface area contributed by atoms with Gasteiger partial charge in [-0.05, 0) is 55.2 Å². The van der Waals surface area contributed by atoms with Gasteiger partial charge in [0, 0.05) is 43.5 Å². The van der Waals surface area contributed by atoms with Crippen molar-refractivity contribution in [2.75, 3.05) is 13.6 Å². The number of para-hydroxylation sites is 1. The molecule has 1 aromatic heterocycles. The number of fused-ring (bicyclic) bond motifs is 1. The number of benzene rings is 2. The molecule has 7 atom stereocenters. The molecule has 2 heterocycles. The number of rotatable bonds is 10. The molecule has 8 N–H and O–H groups in total. The number of urea groups is 1. The van der Waals surface area contributed by atoms with Crippen LogP contribution in [0.2, 0.25) is 0 Å². The molecule has 7 unspecified atom stereocenters. The lowest BCUT2D eigenvalue weighted by molar-refractivity contribution is -0.142. The lowest BCUT2D eigenvalue weighted by Crippen LogP contribution is -2.61. The molecule has 0 aliphatic carbocycles. The van der Waals surface area contributed by atoms with Crippen LogP contribution in [0, 0.1) is 11.8 Å². The van der Waals surface area contributed by atoms with Gasteiger partial charge < -0.3 is 46.9 Å². The molecule has 314 valence electrons. The molecule has 1 fully saturated rings.